The van der Waals surface area contributed by atoms with Gasteiger partial charge in [-0.1, -0.05) is 13.8 Å². The van der Waals surface area contributed by atoms with Crippen molar-refractivity contribution >= 4 is 21.5 Å². The van der Waals surface area contributed by atoms with Crippen molar-refractivity contribution in [3.8, 4) is 56.8 Å². The number of phenolic OH excluding ortho intramolecular Hbond substituents is 6. The maximum atomic E-state index is 11.7. The van der Waals surface area contributed by atoms with Gasteiger partial charge in [-0.15, -0.1) is 0 Å². The van der Waals surface area contributed by atoms with Crippen molar-refractivity contribution in [2.75, 3.05) is 0 Å². The monoisotopic (exact) mass is 1090 g/mol. The SMILES string of the molecule is Cc1c(C)c(C)c(-c2c(C)c(C)c(C)c(C)c2O)c(O)c1C.Cc1c(C)c(C)c(C(C)(C)c2c(C)c(C)c(C)c(C)c2O)c(O)c1C.Cc1c(C)c(C)c2c(-c3c(O)c(C)c(C)c4c(C)c(C)c(C)c(C)c34)c(O)c(C)c(C)c2c1C. The predicted octanol–water partition coefficient (Wildman–Crippen LogP) is 19.9. The molecule has 0 atom stereocenters. The van der Waals surface area contributed by atoms with Crippen LogP contribution in [0.25, 0.3) is 43.8 Å². The van der Waals surface area contributed by atoms with Crippen LogP contribution < -0.4 is 0 Å². The van der Waals surface area contributed by atoms with Crippen LogP contribution in [0.15, 0.2) is 0 Å². The number of phenols is 6. The number of fused-ring (bicyclic) bond motifs is 2. The molecule has 8 aromatic carbocycles. The van der Waals surface area contributed by atoms with Gasteiger partial charge >= 0.3 is 0 Å². The average Bonchev–Trinajstić information content (AvgIpc) is 3.21. The minimum Gasteiger partial charge on any atom is -0.507 e. The molecule has 0 aromatic heterocycles. The van der Waals surface area contributed by atoms with Crippen LogP contribution in [0.2, 0.25) is 0 Å². The highest BCUT2D eigenvalue weighted by molar-refractivity contribution is 6.16. The van der Waals surface area contributed by atoms with Crippen LogP contribution in [0.3, 0.4) is 0 Å². The molecule has 0 spiro atoms. The van der Waals surface area contributed by atoms with Gasteiger partial charge in [-0.2, -0.15) is 0 Å². The number of rotatable bonds is 4. The number of hydrogen-bond donors (Lipinski definition) is 6. The molecule has 8 aromatic rings. The standard InChI is InChI=1S/C32H38O2.C23H32O2.C20H26O2/c1-13-15(3)19(7)27-25(17(13)5)21(9)23(11)31(33)29(27)30-28-20(8)16(4)14(2)18(6)26(28)22(10)24(12)32(30)34;1-11-13(3)17(7)21(24)19(15(11)5)23(9,10)20-16(6)12(2)14(4)18(8)22(20)25;1-9-11(3)15(7)19(21)17(13(9)5)18-14(6)10(2)12(4)16(8)20(18)22/h33-34H,1-12H3;24-25H,1-10H3;21-22H,1-8H3. The molecule has 432 valence electrons. The third-order valence-corrected chi connectivity index (χ3v) is 21.3. The lowest BCUT2D eigenvalue weighted by molar-refractivity contribution is 0.428. The Morgan fingerprint density at radius 1 is 0.160 bits per heavy atom. The van der Waals surface area contributed by atoms with Crippen molar-refractivity contribution in [2.24, 2.45) is 0 Å². The maximum Gasteiger partial charge on any atom is 0.127 e. The van der Waals surface area contributed by atoms with Crippen molar-refractivity contribution in [2.45, 2.75) is 213 Å². The van der Waals surface area contributed by atoms with Gasteiger partial charge in [0.1, 0.15) is 34.5 Å². The third kappa shape index (κ3) is 9.51. The smallest absolute Gasteiger partial charge is 0.127 e. The topological polar surface area (TPSA) is 121 Å². The fourth-order valence-corrected chi connectivity index (χ4v) is 13.5. The zero-order valence-corrected chi connectivity index (χ0v) is 55.2. The molecule has 0 bridgehead atoms. The second kappa shape index (κ2) is 22.1. The summed E-state index contributed by atoms with van der Waals surface area (Å²) < 4.78 is 0. The highest BCUT2D eigenvalue weighted by atomic mass is 16.3. The summed E-state index contributed by atoms with van der Waals surface area (Å²) in [5, 5.41) is 71.3. The van der Waals surface area contributed by atoms with E-state index in [1.54, 1.807) is 0 Å². The number of hydrogen-bond acceptors (Lipinski definition) is 6. The number of aryl methyl sites for hydroxylation is 6. The second-order valence-corrected chi connectivity index (χ2v) is 25.0. The minimum atomic E-state index is -0.505. The first kappa shape index (κ1) is 63.3. The van der Waals surface area contributed by atoms with E-state index in [0.717, 1.165) is 144 Å². The highest BCUT2D eigenvalue weighted by Crippen LogP contribution is 2.54. The van der Waals surface area contributed by atoms with Gasteiger partial charge in [-0.25, -0.2) is 0 Å². The summed E-state index contributed by atoms with van der Waals surface area (Å²) in [6.07, 6.45) is 0. The molecular weight excluding hydrogens is 997 g/mol. The molecule has 6 N–H and O–H groups in total. The fraction of sp³-hybridized carbons (Fsp3) is 0.413. The van der Waals surface area contributed by atoms with Gasteiger partial charge in [0, 0.05) is 38.8 Å². The normalized spacial score (nSPS) is 11.6. The summed E-state index contributed by atoms with van der Waals surface area (Å²) in [7, 11) is 0. The van der Waals surface area contributed by atoms with E-state index < -0.39 is 5.41 Å². The number of benzene rings is 8. The predicted molar refractivity (Wildman–Crippen MR) is 346 cm³/mol. The van der Waals surface area contributed by atoms with Gasteiger partial charge < -0.3 is 30.6 Å². The van der Waals surface area contributed by atoms with E-state index in [2.05, 4.69) is 138 Å². The lowest BCUT2D eigenvalue weighted by Crippen LogP contribution is -2.24. The summed E-state index contributed by atoms with van der Waals surface area (Å²) in [4.78, 5) is 0. The summed E-state index contributed by atoms with van der Waals surface area (Å²) >= 11 is 0. The molecule has 0 saturated carbocycles. The lowest BCUT2D eigenvalue weighted by Gasteiger charge is -2.34. The Kier molecular flexibility index (Phi) is 17.3. The number of aromatic hydroxyl groups is 6. The van der Waals surface area contributed by atoms with Gasteiger partial charge in [0.25, 0.3) is 0 Å². The van der Waals surface area contributed by atoms with Crippen LogP contribution in [0.5, 0.6) is 34.5 Å². The Hall–Kier alpha value is -6.92. The van der Waals surface area contributed by atoms with Crippen molar-refractivity contribution in [1.29, 1.82) is 0 Å². The Balaban J connectivity index is 0.000000202. The first-order valence-corrected chi connectivity index (χ1v) is 28.8. The summed E-state index contributed by atoms with van der Waals surface area (Å²) in [6, 6.07) is 0. The summed E-state index contributed by atoms with van der Waals surface area (Å²) in [5.41, 5.74) is 35.3. The molecule has 0 aliphatic heterocycles. The quantitative estimate of drug-likeness (QED) is 0.104. The van der Waals surface area contributed by atoms with Crippen LogP contribution in [0.1, 0.15) is 181 Å². The van der Waals surface area contributed by atoms with Gasteiger partial charge in [-0.3, -0.25) is 0 Å². The molecule has 0 saturated heterocycles. The third-order valence-electron chi connectivity index (χ3n) is 21.3. The van der Waals surface area contributed by atoms with Crippen molar-refractivity contribution < 1.29 is 30.6 Å². The Morgan fingerprint density at radius 2 is 0.321 bits per heavy atom. The first-order valence-electron chi connectivity index (χ1n) is 28.8. The molecule has 81 heavy (non-hydrogen) atoms. The Labute approximate surface area is 486 Å². The fourth-order valence-electron chi connectivity index (χ4n) is 13.5. The molecule has 0 aliphatic rings. The molecule has 8 rings (SSSR count). The average molecular weight is 1090 g/mol. The van der Waals surface area contributed by atoms with Gasteiger partial charge in [0.05, 0.1) is 0 Å². The highest BCUT2D eigenvalue weighted by Gasteiger charge is 2.36. The van der Waals surface area contributed by atoms with Crippen LogP contribution in [-0.2, 0) is 5.41 Å². The van der Waals surface area contributed by atoms with E-state index in [1.807, 2.05) is 69.2 Å². The molecular formula is C75H96O6. The molecule has 0 amide bonds. The van der Waals surface area contributed by atoms with E-state index in [-0.39, 0.29) is 23.0 Å². The molecule has 0 radical (unpaired) electrons. The van der Waals surface area contributed by atoms with Gasteiger partial charge in [0.2, 0.25) is 0 Å². The van der Waals surface area contributed by atoms with Crippen LogP contribution >= 0.6 is 0 Å². The second-order valence-electron chi connectivity index (χ2n) is 25.0. The van der Waals surface area contributed by atoms with Crippen LogP contribution in [-0.4, -0.2) is 30.6 Å². The van der Waals surface area contributed by atoms with Crippen LogP contribution in [0.4, 0.5) is 0 Å². The molecule has 6 nitrogen and oxygen atoms in total. The van der Waals surface area contributed by atoms with Gasteiger partial charge in [-0.05, 0) is 371 Å². The molecule has 0 fully saturated rings. The maximum absolute atomic E-state index is 11.7. The Morgan fingerprint density at radius 3 is 0.580 bits per heavy atom. The zero-order chi connectivity index (χ0) is 61.9. The molecule has 0 heterocycles. The molecule has 0 unspecified atom stereocenters. The molecule has 0 aliphatic carbocycles. The van der Waals surface area contributed by atoms with E-state index >= 15 is 0 Å². The van der Waals surface area contributed by atoms with Crippen molar-refractivity contribution in [3.63, 3.8) is 0 Å². The van der Waals surface area contributed by atoms with Crippen molar-refractivity contribution in [1.82, 2.24) is 0 Å². The lowest BCUT2D eigenvalue weighted by atomic mass is 9.70. The summed E-state index contributed by atoms with van der Waals surface area (Å²) in [6.45, 7) is 62.2. The summed E-state index contributed by atoms with van der Waals surface area (Å²) in [5.74, 6) is 1.79. The Bertz CT molecular complexity index is 3630. The largest absolute Gasteiger partial charge is 0.507 e. The van der Waals surface area contributed by atoms with Crippen LogP contribution in [0, 0.1) is 194 Å². The van der Waals surface area contributed by atoms with E-state index in [4.69, 9.17) is 0 Å². The van der Waals surface area contributed by atoms with E-state index in [0.29, 0.717) is 11.5 Å². The zero-order valence-electron chi connectivity index (χ0n) is 55.2. The molecule has 6 heteroatoms. The van der Waals surface area contributed by atoms with Gasteiger partial charge in [0.15, 0.2) is 0 Å². The first-order chi connectivity index (χ1) is 37.2. The van der Waals surface area contributed by atoms with E-state index in [9.17, 15) is 30.6 Å². The van der Waals surface area contributed by atoms with Crippen molar-refractivity contribution in [3.05, 3.63) is 167 Å². The van der Waals surface area contributed by atoms with E-state index in [1.165, 1.54) is 66.4 Å². The minimum absolute atomic E-state index is 0.269.